The van der Waals surface area contributed by atoms with Crippen LogP contribution in [0.2, 0.25) is 0 Å². The third-order valence-electron chi connectivity index (χ3n) is 6.08. The maximum atomic E-state index is 13.5. The summed E-state index contributed by atoms with van der Waals surface area (Å²) in [6, 6.07) is 19.9. The first-order valence-corrected chi connectivity index (χ1v) is 10.9. The van der Waals surface area contributed by atoms with E-state index in [0.717, 1.165) is 60.7 Å². The Kier molecular flexibility index (Phi) is 5.43. The second kappa shape index (κ2) is 8.52. The Balaban J connectivity index is 1.37. The van der Waals surface area contributed by atoms with E-state index in [-0.39, 0.29) is 5.82 Å². The van der Waals surface area contributed by atoms with Gasteiger partial charge in [-0.2, -0.15) is 0 Å². The first-order chi connectivity index (χ1) is 15.2. The fraction of sp³-hybridized carbons (Fsp3) is 0.269. The number of hydrogen-bond donors (Lipinski definition) is 2. The molecule has 0 saturated carbocycles. The minimum atomic E-state index is -0.161. The van der Waals surface area contributed by atoms with Gasteiger partial charge in [-0.3, -0.25) is 4.99 Å². The summed E-state index contributed by atoms with van der Waals surface area (Å²) in [5.74, 6) is -0.161. The van der Waals surface area contributed by atoms with Crippen molar-refractivity contribution < 1.29 is 4.39 Å². The number of anilines is 3. The fourth-order valence-corrected chi connectivity index (χ4v) is 4.52. The summed E-state index contributed by atoms with van der Waals surface area (Å²) in [5, 5.41) is 7.22. The molecule has 0 spiro atoms. The van der Waals surface area contributed by atoms with Crippen molar-refractivity contribution in [1.82, 2.24) is 5.32 Å². The van der Waals surface area contributed by atoms with E-state index >= 15 is 0 Å². The third-order valence-corrected chi connectivity index (χ3v) is 6.08. The zero-order valence-electron chi connectivity index (χ0n) is 17.7. The Hall–Kier alpha value is -3.18. The Bertz CT molecular complexity index is 1120. The maximum Gasteiger partial charge on any atom is 0.123 e. The number of aryl methyl sites for hydroxylation is 2. The molecule has 1 saturated heterocycles. The third kappa shape index (κ3) is 4.32. The van der Waals surface area contributed by atoms with Crippen LogP contribution in [0, 0.1) is 12.7 Å². The van der Waals surface area contributed by atoms with Crippen molar-refractivity contribution in [2.75, 3.05) is 29.9 Å². The number of nitrogens with zero attached hydrogens (tertiary/aromatic N) is 2. The average Bonchev–Trinajstić information content (AvgIpc) is 2.96. The zero-order valence-corrected chi connectivity index (χ0v) is 17.7. The molecule has 0 aromatic heterocycles. The van der Waals surface area contributed by atoms with Gasteiger partial charge in [0.2, 0.25) is 0 Å². The number of hydrogen-bond acceptors (Lipinski definition) is 4. The maximum absolute atomic E-state index is 13.5. The number of benzene rings is 3. The highest BCUT2D eigenvalue weighted by atomic mass is 19.1. The minimum absolute atomic E-state index is 0.161. The van der Waals surface area contributed by atoms with E-state index in [2.05, 4.69) is 40.7 Å². The number of nitrogens with one attached hydrogen (secondary N) is 2. The normalized spacial score (nSPS) is 17.5. The van der Waals surface area contributed by atoms with Crippen LogP contribution in [0.5, 0.6) is 0 Å². The quantitative estimate of drug-likeness (QED) is 0.473. The largest absolute Gasteiger partial charge is 0.368 e. The van der Waals surface area contributed by atoms with Crippen LogP contribution in [0.4, 0.5) is 27.1 Å². The molecule has 2 aliphatic heterocycles. The molecule has 31 heavy (non-hydrogen) atoms. The van der Waals surface area contributed by atoms with Crippen LogP contribution < -0.4 is 15.5 Å². The highest BCUT2D eigenvalue weighted by Gasteiger charge is 2.23. The number of piperazine rings is 1. The summed E-state index contributed by atoms with van der Waals surface area (Å²) in [7, 11) is 0. The van der Waals surface area contributed by atoms with Gasteiger partial charge in [-0.25, -0.2) is 4.39 Å². The van der Waals surface area contributed by atoms with Crippen molar-refractivity contribution in [3.63, 3.8) is 0 Å². The van der Waals surface area contributed by atoms with Crippen molar-refractivity contribution in [2.45, 2.75) is 25.8 Å². The summed E-state index contributed by atoms with van der Waals surface area (Å²) in [6.07, 6.45) is 3.84. The summed E-state index contributed by atoms with van der Waals surface area (Å²) < 4.78 is 13.5. The molecule has 0 aliphatic carbocycles. The van der Waals surface area contributed by atoms with Crippen molar-refractivity contribution in [3.8, 4) is 0 Å². The van der Waals surface area contributed by atoms with Crippen molar-refractivity contribution in [1.29, 1.82) is 0 Å². The van der Waals surface area contributed by atoms with Crippen molar-refractivity contribution >= 4 is 29.0 Å². The number of fused-ring (bicyclic) bond motifs is 2. The van der Waals surface area contributed by atoms with Crippen LogP contribution in [0.25, 0.3) is 0 Å². The van der Waals surface area contributed by atoms with Gasteiger partial charge in [0.1, 0.15) is 5.82 Å². The smallest absolute Gasteiger partial charge is 0.123 e. The van der Waals surface area contributed by atoms with Crippen LogP contribution in [0.3, 0.4) is 0 Å². The van der Waals surface area contributed by atoms with Crippen LogP contribution in [-0.2, 0) is 6.42 Å². The molecule has 2 heterocycles. The van der Waals surface area contributed by atoms with Gasteiger partial charge in [-0.05, 0) is 67.3 Å². The first-order valence-electron chi connectivity index (χ1n) is 10.9. The molecule has 2 aliphatic rings. The summed E-state index contributed by atoms with van der Waals surface area (Å²) in [4.78, 5) is 7.21. The number of para-hydroxylation sites is 2. The highest BCUT2D eigenvalue weighted by molar-refractivity contribution is 6.00. The molecule has 2 N–H and O–H groups in total. The summed E-state index contributed by atoms with van der Waals surface area (Å²) >= 11 is 0. The number of halogens is 1. The van der Waals surface area contributed by atoms with Crippen LogP contribution in [0.15, 0.2) is 65.7 Å². The predicted molar refractivity (Wildman–Crippen MR) is 127 cm³/mol. The molecule has 0 radical (unpaired) electrons. The van der Waals surface area contributed by atoms with Crippen molar-refractivity contribution in [3.05, 3.63) is 83.2 Å². The Morgan fingerprint density at radius 2 is 1.97 bits per heavy atom. The minimum Gasteiger partial charge on any atom is -0.368 e. The lowest BCUT2D eigenvalue weighted by molar-refractivity contribution is 0.434. The van der Waals surface area contributed by atoms with E-state index in [1.54, 1.807) is 12.1 Å². The Morgan fingerprint density at radius 1 is 1.06 bits per heavy atom. The molecule has 1 fully saturated rings. The fourth-order valence-electron chi connectivity index (χ4n) is 4.52. The molecule has 0 amide bonds. The monoisotopic (exact) mass is 414 g/mol. The van der Waals surface area contributed by atoms with Gasteiger partial charge < -0.3 is 15.5 Å². The standard InChI is InChI=1S/C26H27FN4/c1-18-13-25-22(16-29-23-7-2-3-8-24(23)30-25)26(14-18)31-12-11-28-21(17-31)10-9-19-5-4-6-20(27)15-19/h2-8,13-16,21,28,30H,9-12,17H2,1H3/t21-/m0/s1. The van der Waals surface area contributed by atoms with E-state index in [4.69, 9.17) is 4.99 Å². The van der Waals surface area contributed by atoms with E-state index in [9.17, 15) is 4.39 Å². The van der Waals surface area contributed by atoms with Gasteiger partial charge in [0.25, 0.3) is 0 Å². The molecule has 0 unspecified atom stereocenters. The SMILES string of the molecule is Cc1cc2c(c(N3CCN[C@@H](CCc4cccc(F)c4)C3)c1)C=Nc1ccccc1N2. The molecule has 3 aromatic carbocycles. The topological polar surface area (TPSA) is 39.7 Å². The van der Waals surface area contributed by atoms with Crippen LogP contribution in [0.1, 0.15) is 23.1 Å². The van der Waals surface area contributed by atoms with E-state index in [0.29, 0.717) is 6.04 Å². The van der Waals surface area contributed by atoms with Gasteiger partial charge in [0.15, 0.2) is 0 Å². The number of rotatable bonds is 4. The lowest BCUT2D eigenvalue weighted by atomic mass is 10.0. The molecular formula is C26H27FN4. The van der Waals surface area contributed by atoms with Gasteiger partial charge in [0.05, 0.1) is 11.4 Å². The zero-order chi connectivity index (χ0) is 21.2. The molecule has 5 rings (SSSR count). The highest BCUT2D eigenvalue weighted by Crippen LogP contribution is 2.37. The molecule has 158 valence electrons. The second-order valence-corrected chi connectivity index (χ2v) is 8.41. The summed E-state index contributed by atoms with van der Waals surface area (Å²) in [5.41, 5.74) is 7.71. The van der Waals surface area contributed by atoms with Gasteiger partial charge in [-0.1, -0.05) is 24.3 Å². The van der Waals surface area contributed by atoms with Crippen LogP contribution >= 0.6 is 0 Å². The molecule has 1 atom stereocenters. The molecule has 5 heteroatoms. The van der Waals surface area contributed by atoms with E-state index < -0.39 is 0 Å². The Morgan fingerprint density at radius 3 is 2.87 bits per heavy atom. The van der Waals surface area contributed by atoms with Gasteiger partial charge in [-0.15, -0.1) is 0 Å². The second-order valence-electron chi connectivity index (χ2n) is 8.41. The first kappa shape index (κ1) is 19.8. The lowest BCUT2D eigenvalue weighted by Gasteiger charge is -2.36. The average molecular weight is 415 g/mol. The molecule has 4 nitrogen and oxygen atoms in total. The van der Waals surface area contributed by atoms with Gasteiger partial charge in [0, 0.05) is 48.8 Å². The number of aliphatic imine (C=N–C) groups is 1. The Labute approximate surface area is 182 Å². The van der Waals surface area contributed by atoms with Gasteiger partial charge >= 0.3 is 0 Å². The molecular weight excluding hydrogens is 387 g/mol. The summed E-state index contributed by atoms with van der Waals surface area (Å²) in [6.45, 7) is 4.95. The van der Waals surface area contributed by atoms with E-state index in [1.807, 2.05) is 30.5 Å². The van der Waals surface area contributed by atoms with Crippen molar-refractivity contribution in [2.24, 2.45) is 4.99 Å². The van der Waals surface area contributed by atoms with Crippen LogP contribution in [-0.4, -0.2) is 31.9 Å². The molecule has 3 aromatic rings. The lowest BCUT2D eigenvalue weighted by Crippen LogP contribution is -2.51. The predicted octanol–water partition coefficient (Wildman–Crippen LogP) is 5.35. The van der Waals surface area contributed by atoms with E-state index in [1.165, 1.54) is 17.3 Å². The molecule has 0 bridgehead atoms.